The van der Waals surface area contributed by atoms with E-state index in [0.29, 0.717) is 0 Å². The first-order valence-corrected chi connectivity index (χ1v) is 8.74. The molecule has 0 radical (unpaired) electrons. The van der Waals surface area contributed by atoms with Gasteiger partial charge in [-0.15, -0.1) is 0 Å². The van der Waals surface area contributed by atoms with Crippen LogP contribution in [-0.2, 0) is 0 Å². The number of hydrogen-bond donors (Lipinski definition) is 1. The van der Waals surface area contributed by atoms with Crippen LogP contribution >= 0.6 is 0 Å². The minimum absolute atomic E-state index is 0.746. The van der Waals surface area contributed by atoms with E-state index in [1.54, 1.807) is 0 Å². The van der Waals surface area contributed by atoms with Crippen molar-refractivity contribution < 1.29 is 0 Å². The lowest BCUT2D eigenvalue weighted by molar-refractivity contribution is 0.257. The van der Waals surface area contributed by atoms with E-state index in [1.165, 1.54) is 49.2 Å². The first-order chi connectivity index (χ1) is 10.8. The van der Waals surface area contributed by atoms with Gasteiger partial charge < -0.3 is 15.1 Å². The number of allylic oxidation sites excluding steroid dienone is 1. The molecule has 2 fully saturated rings. The number of benzene rings is 1. The van der Waals surface area contributed by atoms with Gasteiger partial charge >= 0.3 is 0 Å². The number of piperazine rings is 1. The van der Waals surface area contributed by atoms with Gasteiger partial charge in [0.15, 0.2) is 0 Å². The molecule has 0 atom stereocenters. The zero-order valence-electron chi connectivity index (χ0n) is 13.9. The summed E-state index contributed by atoms with van der Waals surface area (Å²) in [7, 11) is 1.96. The lowest BCUT2D eigenvalue weighted by Crippen LogP contribution is -2.46. The van der Waals surface area contributed by atoms with Crippen molar-refractivity contribution in [3.05, 3.63) is 36.5 Å². The molecule has 3 nitrogen and oxygen atoms in total. The summed E-state index contributed by atoms with van der Waals surface area (Å²) in [6, 6.07) is 8.75. The molecule has 1 aromatic rings. The molecule has 0 amide bonds. The van der Waals surface area contributed by atoms with Gasteiger partial charge in [0.1, 0.15) is 0 Å². The molecule has 3 rings (SSSR count). The molecule has 0 aromatic heterocycles. The molecule has 1 N–H and O–H groups in total. The number of anilines is 2. The second-order valence-corrected chi connectivity index (χ2v) is 6.60. The highest BCUT2D eigenvalue weighted by Gasteiger charge is 2.24. The van der Waals surface area contributed by atoms with Crippen molar-refractivity contribution >= 4 is 11.4 Å². The van der Waals surface area contributed by atoms with Crippen LogP contribution in [0.1, 0.15) is 32.1 Å². The lowest BCUT2D eigenvalue weighted by atomic mass is 9.86. The van der Waals surface area contributed by atoms with Gasteiger partial charge in [-0.25, -0.2) is 0 Å². The third-order valence-corrected chi connectivity index (χ3v) is 5.28. The molecular weight excluding hydrogens is 270 g/mol. The Labute approximate surface area is 135 Å². The second kappa shape index (κ2) is 7.08. The van der Waals surface area contributed by atoms with Gasteiger partial charge in [-0.2, -0.15) is 0 Å². The third kappa shape index (κ3) is 3.40. The van der Waals surface area contributed by atoms with E-state index in [1.807, 2.05) is 7.05 Å². The van der Waals surface area contributed by atoms with Crippen LogP contribution in [0, 0.1) is 5.92 Å². The standard InChI is InChI=1S/C19H29N3/c1-16(17-6-4-3-5-7-17)21-12-14-22(15-13-21)19-10-8-18(20-2)9-11-19/h8-11,17,20H,1,3-7,12-15H2,2H3. The molecule has 120 valence electrons. The zero-order chi connectivity index (χ0) is 15.4. The van der Waals surface area contributed by atoms with Crippen molar-refractivity contribution in [3.8, 4) is 0 Å². The van der Waals surface area contributed by atoms with E-state index < -0.39 is 0 Å². The fourth-order valence-corrected chi connectivity index (χ4v) is 3.78. The van der Waals surface area contributed by atoms with Crippen LogP contribution in [0.3, 0.4) is 0 Å². The minimum Gasteiger partial charge on any atom is -0.388 e. The lowest BCUT2D eigenvalue weighted by Gasteiger charge is -2.41. The van der Waals surface area contributed by atoms with Crippen LogP contribution in [-0.4, -0.2) is 38.1 Å². The molecule has 1 saturated carbocycles. The first kappa shape index (κ1) is 15.3. The summed E-state index contributed by atoms with van der Waals surface area (Å²) < 4.78 is 0. The van der Waals surface area contributed by atoms with E-state index in [2.05, 4.69) is 46.0 Å². The van der Waals surface area contributed by atoms with Crippen molar-refractivity contribution in [2.45, 2.75) is 32.1 Å². The molecule has 1 aliphatic heterocycles. The highest BCUT2D eigenvalue weighted by atomic mass is 15.3. The predicted molar refractivity (Wildman–Crippen MR) is 95.5 cm³/mol. The van der Waals surface area contributed by atoms with E-state index in [0.717, 1.165) is 32.1 Å². The van der Waals surface area contributed by atoms with Crippen LogP contribution in [0.25, 0.3) is 0 Å². The van der Waals surface area contributed by atoms with Crippen LogP contribution in [0.2, 0.25) is 0 Å². The maximum Gasteiger partial charge on any atom is 0.0368 e. The average Bonchev–Trinajstić information content (AvgIpc) is 2.62. The Morgan fingerprint density at radius 2 is 1.64 bits per heavy atom. The first-order valence-electron chi connectivity index (χ1n) is 8.74. The maximum absolute atomic E-state index is 4.42. The summed E-state index contributed by atoms with van der Waals surface area (Å²) in [5.41, 5.74) is 3.92. The Kier molecular flexibility index (Phi) is 4.91. The van der Waals surface area contributed by atoms with Gasteiger partial charge in [0.25, 0.3) is 0 Å². The smallest absolute Gasteiger partial charge is 0.0368 e. The number of hydrogen-bond acceptors (Lipinski definition) is 3. The van der Waals surface area contributed by atoms with Crippen LogP contribution in [0.5, 0.6) is 0 Å². The average molecular weight is 299 g/mol. The van der Waals surface area contributed by atoms with Crippen molar-refractivity contribution in [2.75, 3.05) is 43.4 Å². The van der Waals surface area contributed by atoms with E-state index >= 15 is 0 Å². The van der Waals surface area contributed by atoms with Crippen LogP contribution < -0.4 is 10.2 Å². The Balaban J connectivity index is 1.54. The van der Waals surface area contributed by atoms with Crippen molar-refractivity contribution in [1.82, 2.24) is 4.90 Å². The molecule has 0 spiro atoms. The highest BCUT2D eigenvalue weighted by molar-refractivity contribution is 5.55. The molecule has 1 heterocycles. The monoisotopic (exact) mass is 299 g/mol. The molecule has 1 aromatic carbocycles. The minimum atomic E-state index is 0.746. The van der Waals surface area contributed by atoms with E-state index in [9.17, 15) is 0 Å². The van der Waals surface area contributed by atoms with Gasteiger partial charge in [0, 0.05) is 50.3 Å². The Bertz CT molecular complexity index is 480. The van der Waals surface area contributed by atoms with Crippen molar-refractivity contribution in [1.29, 1.82) is 0 Å². The maximum atomic E-state index is 4.42. The van der Waals surface area contributed by atoms with Gasteiger partial charge in [0.05, 0.1) is 0 Å². The number of nitrogens with one attached hydrogen (secondary N) is 1. The SMILES string of the molecule is C=C(C1CCCCC1)N1CCN(c2ccc(NC)cc2)CC1. The summed E-state index contributed by atoms with van der Waals surface area (Å²) in [4.78, 5) is 5.03. The zero-order valence-corrected chi connectivity index (χ0v) is 13.9. The Morgan fingerprint density at radius 3 is 2.23 bits per heavy atom. The van der Waals surface area contributed by atoms with Gasteiger partial charge in [0.2, 0.25) is 0 Å². The quantitative estimate of drug-likeness (QED) is 0.908. The molecule has 3 heteroatoms. The predicted octanol–water partition coefficient (Wildman–Crippen LogP) is 3.94. The summed E-state index contributed by atoms with van der Waals surface area (Å²) in [5, 5.41) is 3.18. The molecule has 2 aliphatic rings. The summed E-state index contributed by atoms with van der Waals surface area (Å²) in [6.45, 7) is 8.85. The van der Waals surface area contributed by atoms with Crippen LogP contribution in [0.4, 0.5) is 11.4 Å². The Hall–Kier alpha value is -1.64. The van der Waals surface area contributed by atoms with Gasteiger partial charge in [-0.3, -0.25) is 0 Å². The largest absolute Gasteiger partial charge is 0.388 e. The second-order valence-electron chi connectivity index (χ2n) is 6.60. The topological polar surface area (TPSA) is 18.5 Å². The molecule has 0 unspecified atom stereocenters. The van der Waals surface area contributed by atoms with E-state index in [-0.39, 0.29) is 0 Å². The summed E-state index contributed by atoms with van der Waals surface area (Å²) >= 11 is 0. The summed E-state index contributed by atoms with van der Waals surface area (Å²) in [6.07, 6.45) is 6.90. The van der Waals surface area contributed by atoms with Crippen molar-refractivity contribution in [2.24, 2.45) is 5.92 Å². The fraction of sp³-hybridized carbons (Fsp3) is 0.579. The number of nitrogens with zero attached hydrogens (tertiary/aromatic N) is 2. The summed E-state index contributed by atoms with van der Waals surface area (Å²) in [5.74, 6) is 0.746. The van der Waals surface area contributed by atoms with Gasteiger partial charge in [-0.05, 0) is 43.0 Å². The number of rotatable bonds is 4. The molecule has 1 aliphatic carbocycles. The van der Waals surface area contributed by atoms with Crippen molar-refractivity contribution in [3.63, 3.8) is 0 Å². The third-order valence-electron chi connectivity index (χ3n) is 5.28. The normalized spacial score (nSPS) is 20.0. The molecule has 0 bridgehead atoms. The van der Waals surface area contributed by atoms with Gasteiger partial charge in [-0.1, -0.05) is 25.8 Å². The highest BCUT2D eigenvalue weighted by Crippen LogP contribution is 2.31. The Morgan fingerprint density at radius 1 is 1.00 bits per heavy atom. The molecular formula is C19H29N3. The fourth-order valence-electron chi connectivity index (χ4n) is 3.78. The molecule has 22 heavy (non-hydrogen) atoms. The molecule has 1 saturated heterocycles. The van der Waals surface area contributed by atoms with E-state index in [4.69, 9.17) is 0 Å². The van der Waals surface area contributed by atoms with Crippen LogP contribution in [0.15, 0.2) is 36.5 Å².